The molecule has 0 saturated carbocycles. The lowest BCUT2D eigenvalue weighted by atomic mass is 10.0. The van der Waals surface area contributed by atoms with Gasteiger partial charge in [0.2, 0.25) is 5.91 Å². The number of hydrogen-bond donors (Lipinski definition) is 2. The van der Waals surface area contributed by atoms with Gasteiger partial charge in [-0.15, -0.1) is 0 Å². The molecule has 2 N–H and O–H groups in total. The minimum absolute atomic E-state index is 0.0198. The van der Waals surface area contributed by atoms with E-state index in [0.29, 0.717) is 12.6 Å². The summed E-state index contributed by atoms with van der Waals surface area (Å²) in [6.07, 6.45) is 2.89. The minimum Gasteiger partial charge on any atom is -0.350 e. The first kappa shape index (κ1) is 16.1. The first-order valence-corrected chi connectivity index (χ1v) is 8.00. The maximum absolute atomic E-state index is 12.4. The molecule has 0 aliphatic carbocycles. The largest absolute Gasteiger partial charge is 0.350 e. The lowest BCUT2D eigenvalue weighted by Gasteiger charge is -2.31. The van der Waals surface area contributed by atoms with Crippen LogP contribution in [-0.4, -0.2) is 66.0 Å². The molecule has 2 heterocycles. The molecule has 6 nitrogen and oxygen atoms in total. The van der Waals surface area contributed by atoms with E-state index in [9.17, 15) is 9.59 Å². The van der Waals surface area contributed by atoms with Crippen molar-refractivity contribution in [1.82, 2.24) is 20.4 Å². The molecule has 120 valence electrons. The van der Waals surface area contributed by atoms with Crippen LogP contribution >= 0.6 is 0 Å². The fourth-order valence-corrected chi connectivity index (χ4v) is 2.88. The van der Waals surface area contributed by atoms with Crippen molar-refractivity contribution in [3.05, 3.63) is 0 Å². The van der Waals surface area contributed by atoms with Crippen LogP contribution < -0.4 is 10.6 Å². The predicted molar refractivity (Wildman–Crippen MR) is 82.1 cm³/mol. The third-order valence-electron chi connectivity index (χ3n) is 4.57. The SMILES string of the molecule is CCC(C)(C)NC(=O)CN1CCN(C2CCNCC2)C1=O. The molecule has 2 aliphatic rings. The molecular weight excluding hydrogens is 268 g/mol. The van der Waals surface area contributed by atoms with E-state index in [0.717, 1.165) is 38.9 Å². The molecule has 3 amide bonds. The second-order valence-electron chi connectivity index (χ2n) is 6.66. The Kier molecular flexibility index (Phi) is 5.08. The van der Waals surface area contributed by atoms with E-state index in [1.165, 1.54) is 0 Å². The normalized spacial score (nSPS) is 21.0. The summed E-state index contributed by atoms with van der Waals surface area (Å²) >= 11 is 0. The second-order valence-corrected chi connectivity index (χ2v) is 6.66. The topological polar surface area (TPSA) is 64.7 Å². The summed E-state index contributed by atoms with van der Waals surface area (Å²) in [5.41, 5.74) is -0.214. The average molecular weight is 296 g/mol. The summed E-state index contributed by atoms with van der Waals surface area (Å²) in [7, 11) is 0. The van der Waals surface area contributed by atoms with Gasteiger partial charge in [0, 0.05) is 24.7 Å². The molecule has 2 fully saturated rings. The van der Waals surface area contributed by atoms with E-state index in [1.54, 1.807) is 4.90 Å². The highest BCUT2D eigenvalue weighted by Crippen LogP contribution is 2.18. The Labute approximate surface area is 127 Å². The number of nitrogens with one attached hydrogen (secondary N) is 2. The number of rotatable bonds is 5. The number of carbonyl (C=O) groups excluding carboxylic acids is 2. The van der Waals surface area contributed by atoms with Crippen LogP contribution in [0.3, 0.4) is 0 Å². The lowest BCUT2D eigenvalue weighted by molar-refractivity contribution is -0.123. The smallest absolute Gasteiger partial charge is 0.320 e. The third-order valence-corrected chi connectivity index (χ3v) is 4.57. The first-order valence-electron chi connectivity index (χ1n) is 8.00. The van der Waals surface area contributed by atoms with Crippen LogP contribution in [0.25, 0.3) is 0 Å². The minimum atomic E-state index is -0.214. The van der Waals surface area contributed by atoms with Crippen LogP contribution in [-0.2, 0) is 4.79 Å². The van der Waals surface area contributed by atoms with Crippen molar-refractivity contribution in [3.8, 4) is 0 Å². The Morgan fingerprint density at radius 2 is 2.00 bits per heavy atom. The number of carbonyl (C=O) groups is 2. The molecule has 0 aromatic rings. The first-order chi connectivity index (χ1) is 9.93. The van der Waals surface area contributed by atoms with E-state index in [-0.39, 0.29) is 24.0 Å². The summed E-state index contributed by atoms with van der Waals surface area (Å²) in [6.45, 7) is 9.55. The molecule has 0 radical (unpaired) electrons. The molecule has 0 aromatic heterocycles. The van der Waals surface area contributed by atoms with Gasteiger partial charge in [-0.2, -0.15) is 0 Å². The molecule has 0 spiro atoms. The molecule has 2 saturated heterocycles. The number of piperidine rings is 1. The van der Waals surface area contributed by atoms with E-state index in [1.807, 2.05) is 25.7 Å². The molecule has 6 heteroatoms. The maximum Gasteiger partial charge on any atom is 0.320 e. The highest BCUT2D eigenvalue weighted by Gasteiger charge is 2.35. The van der Waals surface area contributed by atoms with Crippen molar-refractivity contribution in [2.45, 2.75) is 51.6 Å². The standard InChI is InChI=1S/C15H28N4O2/c1-4-15(2,3)17-13(20)11-18-9-10-19(14(18)21)12-5-7-16-8-6-12/h12,16H,4-11H2,1-3H3,(H,17,20). The summed E-state index contributed by atoms with van der Waals surface area (Å²) in [6, 6.07) is 0.352. The molecule has 0 aromatic carbocycles. The highest BCUT2D eigenvalue weighted by atomic mass is 16.2. The van der Waals surface area contributed by atoms with Crippen molar-refractivity contribution in [2.75, 3.05) is 32.7 Å². The maximum atomic E-state index is 12.4. The third kappa shape index (κ3) is 4.09. The molecule has 0 bridgehead atoms. The Morgan fingerprint density at radius 3 is 2.62 bits per heavy atom. The summed E-state index contributed by atoms with van der Waals surface area (Å²) in [5, 5.41) is 6.30. The second kappa shape index (κ2) is 6.64. The van der Waals surface area contributed by atoms with Gasteiger partial charge in [0.15, 0.2) is 0 Å². The van der Waals surface area contributed by atoms with Crippen LogP contribution in [0.2, 0.25) is 0 Å². The van der Waals surface area contributed by atoms with Crippen LogP contribution in [0.15, 0.2) is 0 Å². The molecule has 0 unspecified atom stereocenters. The lowest BCUT2D eigenvalue weighted by Crippen LogP contribution is -2.49. The Balaban J connectivity index is 1.85. The summed E-state index contributed by atoms with van der Waals surface area (Å²) in [4.78, 5) is 28.1. The van der Waals surface area contributed by atoms with Crippen LogP contribution in [0.4, 0.5) is 4.79 Å². The molecule has 0 atom stereocenters. The van der Waals surface area contributed by atoms with Gasteiger partial charge in [0.1, 0.15) is 6.54 Å². The van der Waals surface area contributed by atoms with E-state index in [4.69, 9.17) is 0 Å². The zero-order valence-corrected chi connectivity index (χ0v) is 13.4. The summed E-state index contributed by atoms with van der Waals surface area (Å²) < 4.78 is 0. The Morgan fingerprint density at radius 1 is 1.33 bits per heavy atom. The van der Waals surface area contributed by atoms with Gasteiger partial charge in [-0.05, 0) is 46.2 Å². The van der Waals surface area contributed by atoms with Gasteiger partial charge in [0.25, 0.3) is 0 Å². The van der Waals surface area contributed by atoms with Gasteiger partial charge < -0.3 is 20.4 Å². The van der Waals surface area contributed by atoms with Crippen LogP contribution in [0.1, 0.15) is 40.0 Å². The fraction of sp³-hybridized carbons (Fsp3) is 0.867. The zero-order valence-electron chi connectivity index (χ0n) is 13.4. The van der Waals surface area contributed by atoms with E-state index >= 15 is 0 Å². The number of hydrogen-bond acceptors (Lipinski definition) is 3. The zero-order chi connectivity index (χ0) is 15.5. The molecular formula is C15H28N4O2. The van der Waals surface area contributed by atoms with E-state index in [2.05, 4.69) is 10.6 Å². The van der Waals surface area contributed by atoms with Crippen LogP contribution in [0, 0.1) is 0 Å². The predicted octanol–water partition coefficient (Wildman–Crippen LogP) is 0.781. The van der Waals surface area contributed by atoms with Crippen molar-refractivity contribution < 1.29 is 9.59 Å². The van der Waals surface area contributed by atoms with Gasteiger partial charge in [-0.1, -0.05) is 6.92 Å². The van der Waals surface area contributed by atoms with Crippen molar-refractivity contribution in [2.24, 2.45) is 0 Å². The van der Waals surface area contributed by atoms with Gasteiger partial charge in [-0.3, -0.25) is 4.79 Å². The monoisotopic (exact) mass is 296 g/mol. The Bertz CT molecular complexity index is 391. The molecule has 21 heavy (non-hydrogen) atoms. The highest BCUT2D eigenvalue weighted by molar-refractivity contribution is 5.85. The van der Waals surface area contributed by atoms with Gasteiger partial charge >= 0.3 is 6.03 Å². The molecule has 2 rings (SSSR count). The average Bonchev–Trinajstić information content (AvgIpc) is 2.80. The van der Waals surface area contributed by atoms with Gasteiger partial charge in [-0.25, -0.2) is 4.79 Å². The quantitative estimate of drug-likeness (QED) is 0.788. The number of urea groups is 1. The number of amides is 3. The number of nitrogens with zero attached hydrogens (tertiary/aromatic N) is 2. The molecule has 2 aliphatic heterocycles. The van der Waals surface area contributed by atoms with E-state index < -0.39 is 0 Å². The summed E-state index contributed by atoms with van der Waals surface area (Å²) in [5.74, 6) is -0.0673. The van der Waals surface area contributed by atoms with Crippen molar-refractivity contribution in [3.63, 3.8) is 0 Å². The van der Waals surface area contributed by atoms with Crippen molar-refractivity contribution >= 4 is 11.9 Å². The fourth-order valence-electron chi connectivity index (χ4n) is 2.88. The Hall–Kier alpha value is -1.30. The van der Waals surface area contributed by atoms with Crippen LogP contribution in [0.5, 0.6) is 0 Å². The van der Waals surface area contributed by atoms with Crippen molar-refractivity contribution in [1.29, 1.82) is 0 Å². The van der Waals surface area contributed by atoms with Gasteiger partial charge in [0.05, 0.1) is 0 Å².